The summed E-state index contributed by atoms with van der Waals surface area (Å²) in [5.74, 6) is 0.423. The van der Waals surface area contributed by atoms with E-state index in [1.165, 1.54) is 4.88 Å². The van der Waals surface area contributed by atoms with E-state index in [4.69, 9.17) is 11.6 Å². The van der Waals surface area contributed by atoms with Crippen molar-refractivity contribution in [3.63, 3.8) is 0 Å². The first kappa shape index (κ1) is 12.5. The van der Waals surface area contributed by atoms with Gasteiger partial charge in [-0.05, 0) is 17.9 Å². The van der Waals surface area contributed by atoms with Crippen LogP contribution in [0, 0.1) is 0 Å². The zero-order chi connectivity index (χ0) is 11.1. The van der Waals surface area contributed by atoms with Gasteiger partial charge >= 0.3 is 0 Å². The minimum Gasteiger partial charge on any atom is -0.348 e. The van der Waals surface area contributed by atoms with Crippen LogP contribution in [0.25, 0.3) is 0 Å². The molecule has 1 aromatic rings. The largest absolute Gasteiger partial charge is 0.348 e. The molecule has 15 heavy (non-hydrogen) atoms. The van der Waals surface area contributed by atoms with E-state index in [0.717, 1.165) is 12.8 Å². The Morgan fingerprint density at radius 3 is 3.00 bits per heavy atom. The third-order valence-corrected chi connectivity index (χ3v) is 3.30. The van der Waals surface area contributed by atoms with Crippen LogP contribution in [0.15, 0.2) is 17.5 Å². The van der Waals surface area contributed by atoms with Crippen LogP contribution >= 0.6 is 22.9 Å². The molecule has 0 aliphatic rings. The van der Waals surface area contributed by atoms with Crippen LogP contribution in [-0.4, -0.2) is 11.8 Å². The van der Waals surface area contributed by atoms with E-state index in [9.17, 15) is 4.79 Å². The summed E-state index contributed by atoms with van der Waals surface area (Å²) in [5.41, 5.74) is 0. The normalized spacial score (nSPS) is 12.4. The molecule has 0 aliphatic carbocycles. The van der Waals surface area contributed by atoms with Crippen LogP contribution in [0.3, 0.4) is 0 Å². The van der Waals surface area contributed by atoms with Crippen LogP contribution in [0.5, 0.6) is 0 Å². The van der Waals surface area contributed by atoms with E-state index >= 15 is 0 Å². The number of rotatable bonds is 6. The highest BCUT2D eigenvalue weighted by Gasteiger charge is 2.13. The number of carbonyl (C=O) groups is 1. The monoisotopic (exact) mass is 245 g/mol. The predicted octanol–water partition coefficient (Wildman–Crippen LogP) is 3.33. The SMILES string of the molecule is CCCC(NC(=O)CCCl)c1cccs1. The molecule has 0 aliphatic heterocycles. The number of amides is 1. The van der Waals surface area contributed by atoms with Crippen LogP contribution < -0.4 is 5.32 Å². The molecule has 1 unspecified atom stereocenters. The maximum atomic E-state index is 11.4. The van der Waals surface area contributed by atoms with Crippen molar-refractivity contribution in [2.75, 3.05) is 5.88 Å². The second-order valence-electron chi connectivity index (χ2n) is 3.36. The fraction of sp³-hybridized carbons (Fsp3) is 0.545. The van der Waals surface area contributed by atoms with Gasteiger partial charge in [-0.3, -0.25) is 4.79 Å². The Morgan fingerprint density at radius 1 is 1.67 bits per heavy atom. The topological polar surface area (TPSA) is 29.1 Å². The molecule has 1 N–H and O–H groups in total. The first-order valence-corrected chi connectivity index (χ1v) is 6.58. The van der Waals surface area contributed by atoms with Gasteiger partial charge < -0.3 is 5.32 Å². The Kier molecular flexibility index (Phi) is 5.73. The molecule has 1 aromatic heterocycles. The van der Waals surface area contributed by atoms with Crippen molar-refractivity contribution in [3.05, 3.63) is 22.4 Å². The van der Waals surface area contributed by atoms with Gasteiger partial charge in [-0.15, -0.1) is 22.9 Å². The lowest BCUT2D eigenvalue weighted by Gasteiger charge is -2.16. The van der Waals surface area contributed by atoms with Gasteiger partial charge in [-0.1, -0.05) is 19.4 Å². The predicted molar refractivity (Wildman–Crippen MR) is 65.4 cm³/mol. The lowest BCUT2D eigenvalue weighted by Crippen LogP contribution is -2.27. The average Bonchev–Trinajstić information content (AvgIpc) is 2.70. The first-order valence-electron chi connectivity index (χ1n) is 5.16. The molecule has 0 saturated heterocycles. The van der Waals surface area contributed by atoms with Crippen LogP contribution in [-0.2, 0) is 4.79 Å². The highest BCUT2D eigenvalue weighted by molar-refractivity contribution is 7.10. The first-order chi connectivity index (χ1) is 7.27. The quantitative estimate of drug-likeness (QED) is 0.766. The van der Waals surface area contributed by atoms with Gasteiger partial charge in [0.05, 0.1) is 6.04 Å². The summed E-state index contributed by atoms with van der Waals surface area (Å²) in [5, 5.41) is 5.04. The van der Waals surface area contributed by atoms with Crippen molar-refractivity contribution in [1.29, 1.82) is 0 Å². The molecule has 0 fully saturated rings. The number of thiophene rings is 1. The number of carbonyl (C=O) groups excluding carboxylic acids is 1. The average molecular weight is 246 g/mol. The summed E-state index contributed by atoms with van der Waals surface area (Å²) in [6, 6.07) is 4.23. The number of alkyl halides is 1. The zero-order valence-corrected chi connectivity index (χ0v) is 10.4. The Labute approximate surface area is 99.6 Å². The van der Waals surface area contributed by atoms with Gasteiger partial charge in [0.25, 0.3) is 0 Å². The van der Waals surface area contributed by atoms with Gasteiger partial charge in [0, 0.05) is 17.2 Å². The zero-order valence-electron chi connectivity index (χ0n) is 8.83. The van der Waals surface area contributed by atoms with Crippen molar-refractivity contribution in [3.8, 4) is 0 Å². The lowest BCUT2D eigenvalue weighted by atomic mass is 10.1. The van der Waals surface area contributed by atoms with Crippen molar-refractivity contribution < 1.29 is 4.79 Å². The molecule has 0 radical (unpaired) electrons. The molecule has 0 bridgehead atoms. The highest BCUT2D eigenvalue weighted by atomic mass is 35.5. The molecule has 2 nitrogen and oxygen atoms in total. The van der Waals surface area contributed by atoms with E-state index in [2.05, 4.69) is 18.3 Å². The second kappa shape index (κ2) is 6.85. The minimum atomic E-state index is 0.0388. The van der Waals surface area contributed by atoms with Gasteiger partial charge in [0.15, 0.2) is 0 Å². The van der Waals surface area contributed by atoms with E-state index in [0.29, 0.717) is 12.3 Å². The third-order valence-electron chi connectivity index (χ3n) is 2.12. The molecule has 84 valence electrons. The molecule has 0 spiro atoms. The smallest absolute Gasteiger partial charge is 0.221 e. The summed E-state index contributed by atoms with van der Waals surface area (Å²) in [6.45, 7) is 2.12. The summed E-state index contributed by atoms with van der Waals surface area (Å²) >= 11 is 7.21. The molecule has 0 saturated carbocycles. The summed E-state index contributed by atoms with van der Waals surface area (Å²) in [6.07, 6.45) is 2.44. The number of nitrogens with one attached hydrogen (secondary N) is 1. The summed E-state index contributed by atoms with van der Waals surface area (Å²) < 4.78 is 0. The Hall–Kier alpha value is -0.540. The maximum Gasteiger partial charge on any atom is 0.221 e. The highest BCUT2D eigenvalue weighted by Crippen LogP contribution is 2.23. The standard InChI is InChI=1S/C11H16ClNOS/c1-2-4-9(10-5-3-8-15-10)13-11(14)6-7-12/h3,5,8-9H,2,4,6-7H2,1H3,(H,13,14). The van der Waals surface area contributed by atoms with Crippen LogP contribution in [0.1, 0.15) is 37.1 Å². The fourth-order valence-electron chi connectivity index (χ4n) is 1.42. The van der Waals surface area contributed by atoms with E-state index in [1.54, 1.807) is 11.3 Å². The third kappa shape index (κ3) is 4.22. The molecule has 1 amide bonds. The molecular formula is C11H16ClNOS. The van der Waals surface area contributed by atoms with Crippen LogP contribution in [0.4, 0.5) is 0 Å². The Morgan fingerprint density at radius 2 is 2.47 bits per heavy atom. The molecule has 1 heterocycles. The van der Waals surface area contributed by atoms with Crippen molar-refractivity contribution in [2.45, 2.75) is 32.2 Å². The molecule has 0 aromatic carbocycles. The van der Waals surface area contributed by atoms with E-state index < -0.39 is 0 Å². The lowest BCUT2D eigenvalue weighted by molar-refractivity contribution is -0.121. The minimum absolute atomic E-state index is 0.0388. The van der Waals surface area contributed by atoms with Gasteiger partial charge in [-0.2, -0.15) is 0 Å². The number of hydrogen-bond acceptors (Lipinski definition) is 2. The van der Waals surface area contributed by atoms with Crippen LogP contribution in [0.2, 0.25) is 0 Å². The number of halogens is 1. The van der Waals surface area contributed by atoms with E-state index in [1.807, 2.05) is 11.4 Å². The van der Waals surface area contributed by atoms with Gasteiger partial charge in [0.2, 0.25) is 5.91 Å². The molecule has 1 rings (SSSR count). The second-order valence-corrected chi connectivity index (χ2v) is 4.72. The fourth-order valence-corrected chi connectivity index (χ4v) is 2.40. The van der Waals surface area contributed by atoms with Crippen molar-refractivity contribution >= 4 is 28.8 Å². The number of hydrogen-bond donors (Lipinski definition) is 1. The Bertz CT molecular complexity index is 287. The molecule has 4 heteroatoms. The maximum absolute atomic E-state index is 11.4. The van der Waals surface area contributed by atoms with Gasteiger partial charge in [-0.25, -0.2) is 0 Å². The summed E-state index contributed by atoms with van der Waals surface area (Å²) in [4.78, 5) is 12.7. The van der Waals surface area contributed by atoms with Crippen molar-refractivity contribution in [2.24, 2.45) is 0 Å². The van der Waals surface area contributed by atoms with Crippen molar-refractivity contribution in [1.82, 2.24) is 5.32 Å². The molecule has 1 atom stereocenters. The summed E-state index contributed by atoms with van der Waals surface area (Å²) in [7, 11) is 0. The molecular weight excluding hydrogens is 230 g/mol. The van der Waals surface area contributed by atoms with E-state index in [-0.39, 0.29) is 11.9 Å². The Balaban J connectivity index is 2.55. The van der Waals surface area contributed by atoms with Gasteiger partial charge in [0.1, 0.15) is 0 Å².